The number of hydrogen-bond donors (Lipinski definition) is 2. The highest BCUT2D eigenvalue weighted by Gasteiger charge is 2.06. The van der Waals surface area contributed by atoms with Crippen LogP contribution in [-0.4, -0.2) is 9.97 Å². The molecule has 0 amide bonds. The summed E-state index contributed by atoms with van der Waals surface area (Å²) in [4.78, 5) is 16.6. The molecule has 0 radical (unpaired) electrons. The van der Waals surface area contributed by atoms with Crippen molar-refractivity contribution in [3.05, 3.63) is 34.2 Å². The number of rotatable bonds is 3. The van der Waals surface area contributed by atoms with Crippen LogP contribution in [0.2, 0.25) is 0 Å². The lowest BCUT2D eigenvalue weighted by atomic mass is 9.96. The molecular weight excluding hydrogens is 188 g/mol. The maximum atomic E-state index is 11.1. The zero-order chi connectivity index (χ0) is 10.8. The third-order valence-corrected chi connectivity index (χ3v) is 2.83. The molecule has 1 unspecified atom stereocenters. The molecule has 0 saturated heterocycles. The standard InChI is InChI=1S/C12H16N2O/c1-3-4-8(2)9-5-6-10-11(7-9)14-12(15)13-10/h5-8H,3-4H2,1-2H3,(H2,13,14,15). The average molecular weight is 204 g/mol. The van der Waals surface area contributed by atoms with E-state index in [1.807, 2.05) is 6.07 Å². The van der Waals surface area contributed by atoms with E-state index in [2.05, 4.69) is 35.9 Å². The Kier molecular flexibility index (Phi) is 2.62. The lowest BCUT2D eigenvalue weighted by Gasteiger charge is -2.09. The third-order valence-electron chi connectivity index (χ3n) is 2.83. The number of H-pyrrole nitrogens is 2. The first kappa shape index (κ1) is 10.0. The zero-order valence-corrected chi connectivity index (χ0v) is 9.13. The van der Waals surface area contributed by atoms with Gasteiger partial charge in [0.1, 0.15) is 0 Å². The van der Waals surface area contributed by atoms with E-state index in [4.69, 9.17) is 0 Å². The van der Waals surface area contributed by atoms with Crippen LogP contribution in [0.15, 0.2) is 23.0 Å². The Morgan fingerprint density at radius 1 is 1.27 bits per heavy atom. The minimum atomic E-state index is -0.134. The quantitative estimate of drug-likeness (QED) is 0.793. The molecule has 0 saturated carbocycles. The summed E-state index contributed by atoms with van der Waals surface area (Å²) >= 11 is 0. The highest BCUT2D eigenvalue weighted by atomic mass is 16.1. The van der Waals surface area contributed by atoms with Crippen molar-refractivity contribution in [2.75, 3.05) is 0 Å². The van der Waals surface area contributed by atoms with Crippen LogP contribution in [0.3, 0.4) is 0 Å². The first-order valence-electron chi connectivity index (χ1n) is 5.42. The van der Waals surface area contributed by atoms with E-state index in [1.165, 1.54) is 18.4 Å². The number of hydrogen-bond acceptors (Lipinski definition) is 1. The number of aromatic amines is 2. The van der Waals surface area contributed by atoms with Crippen LogP contribution >= 0.6 is 0 Å². The van der Waals surface area contributed by atoms with Gasteiger partial charge in [-0.1, -0.05) is 26.3 Å². The molecule has 1 atom stereocenters. The summed E-state index contributed by atoms with van der Waals surface area (Å²) in [6.07, 6.45) is 2.36. The molecule has 0 aliphatic carbocycles. The fourth-order valence-corrected chi connectivity index (χ4v) is 1.96. The van der Waals surface area contributed by atoms with E-state index < -0.39 is 0 Å². The van der Waals surface area contributed by atoms with Crippen LogP contribution in [0.25, 0.3) is 11.0 Å². The molecule has 0 spiro atoms. The molecule has 0 bridgehead atoms. The second kappa shape index (κ2) is 3.93. The Labute approximate surface area is 88.5 Å². The van der Waals surface area contributed by atoms with Gasteiger partial charge in [-0.2, -0.15) is 0 Å². The van der Waals surface area contributed by atoms with Crippen LogP contribution in [0.4, 0.5) is 0 Å². The molecule has 80 valence electrons. The van der Waals surface area contributed by atoms with Gasteiger partial charge >= 0.3 is 5.69 Å². The summed E-state index contributed by atoms with van der Waals surface area (Å²) in [5.74, 6) is 0.554. The van der Waals surface area contributed by atoms with Crippen molar-refractivity contribution in [1.29, 1.82) is 0 Å². The molecule has 0 fully saturated rings. The number of benzene rings is 1. The lowest BCUT2D eigenvalue weighted by Crippen LogP contribution is -1.99. The highest BCUT2D eigenvalue weighted by molar-refractivity contribution is 5.75. The van der Waals surface area contributed by atoms with Crippen molar-refractivity contribution in [1.82, 2.24) is 9.97 Å². The topological polar surface area (TPSA) is 48.6 Å². The van der Waals surface area contributed by atoms with Crippen LogP contribution < -0.4 is 5.69 Å². The molecule has 15 heavy (non-hydrogen) atoms. The normalized spacial score (nSPS) is 13.2. The molecule has 0 aliphatic heterocycles. The number of fused-ring (bicyclic) bond motifs is 1. The van der Waals surface area contributed by atoms with Crippen molar-refractivity contribution < 1.29 is 0 Å². The van der Waals surface area contributed by atoms with Gasteiger partial charge in [0.2, 0.25) is 0 Å². The fourth-order valence-electron chi connectivity index (χ4n) is 1.96. The molecule has 3 heteroatoms. The molecule has 1 aromatic heterocycles. The van der Waals surface area contributed by atoms with E-state index in [-0.39, 0.29) is 5.69 Å². The van der Waals surface area contributed by atoms with Gasteiger partial charge in [0.15, 0.2) is 0 Å². The first-order chi connectivity index (χ1) is 7.20. The second-order valence-corrected chi connectivity index (χ2v) is 4.07. The monoisotopic (exact) mass is 204 g/mol. The molecular formula is C12H16N2O. The Morgan fingerprint density at radius 3 is 2.73 bits per heavy atom. The molecule has 3 nitrogen and oxygen atoms in total. The second-order valence-electron chi connectivity index (χ2n) is 4.07. The molecule has 2 N–H and O–H groups in total. The van der Waals surface area contributed by atoms with Gasteiger partial charge in [-0.25, -0.2) is 4.79 Å². The zero-order valence-electron chi connectivity index (χ0n) is 9.13. The SMILES string of the molecule is CCCC(C)c1ccc2[nH]c(=O)[nH]c2c1. The van der Waals surface area contributed by atoms with E-state index in [9.17, 15) is 4.79 Å². The summed E-state index contributed by atoms with van der Waals surface area (Å²) in [6, 6.07) is 6.12. The van der Waals surface area contributed by atoms with Crippen molar-refractivity contribution in [2.45, 2.75) is 32.6 Å². The van der Waals surface area contributed by atoms with Gasteiger partial charge in [-0.15, -0.1) is 0 Å². The van der Waals surface area contributed by atoms with Gasteiger partial charge in [-0.05, 0) is 30.0 Å². The Bertz CT molecular complexity index is 510. The van der Waals surface area contributed by atoms with E-state index in [0.717, 1.165) is 11.0 Å². The maximum Gasteiger partial charge on any atom is 0.323 e. The van der Waals surface area contributed by atoms with Crippen molar-refractivity contribution in [2.24, 2.45) is 0 Å². The molecule has 1 aromatic carbocycles. The predicted octanol–water partition coefficient (Wildman–Crippen LogP) is 2.76. The van der Waals surface area contributed by atoms with Crippen LogP contribution in [-0.2, 0) is 0 Å². The van der Waals surface area contributed by atoms with E-state index >= 15 is 0 Å². The summed E-state index contributed by atoms with van der Waals surface area (Å²) in [7, 11) is 0. The van der Waals surface area contributed by atoms with Crippen molar-refractivity contribution in [3.8, 4) is 0 Å². The summed E-state index contributed by atoms with van der Waals surface area (Å²) in [5.41, 5.74) is 2.94. The van der Waals surface area contributed by atoms with Gasteiger partial charge in [0.25, 0.3) is 0 Å². The number of aromatic nitrogens is 2. The smallest absolute Gasteiger partial charge is 0.306 e. The predicted molar refractivity (Wildman–Crippen MR) is 62.2 cm³/mol. The summed E-state index contributed by atoms with van der Waals surface area (Å²) in [6.45, 7) is 4.41. The minimum Gasteiger partial charge on any atom is -0.306 e. The Morgan fingerprint density at radius 2 is 2.00 bits per heavy atom. The number of imidazole rings is 1. The fraction of sp³-hybridized carbons (Fsp3) is 0.417. The first-order valence-corrected chi connectivity index (χ1v) is 5.42. The highest BCUT2D eigenvalue weighted by Crippen LogP contribution is 2.22. The largest absolute Gasteiger partial charge is 0.323 e. The summed E-state index contributed by atoms with van der Waals surface area (Å²) in [5, 5.41) is 0. The lowest BCUT2D eigenvalue weighted by molar-refractivity contribution is 0.665. The Balaban J connectivity index is 2.41. The van der Waals surface area contributed by atoms with Gasteiger partial charge in [-0.3, -0.25) is 0 Å². The van der Waals surface area contributed by atoms with E-state index in [1.54, 1.807) is 0 Å². The van der Waals surface area contributed by atoms with E-state index in [0.29, 0.717) is 5.92 Å². The van der Waals surface area contributed by atoms with Crippen molar-refractivity contribution >= 4 is 11.0 Å². The number of nitrogens with one attached hydrogen (secondary N) is 2. The van der Waals surface area contributed by atoms with Crippen LogP contribution in [0.1, 0.15) is 38.2 Å². The van der Waals surface area contributed by atoms with Gasteiger partial charge in [0, 0.05) is 0 Å². The van der Waals surface area contributed by atoms with Crippen molar-refractivity contribution in [3.63, 3.8) is 0 Å². The third kappa shape index (κ3) is 1.96. The van der Waals surface area contributed by atoms with Gasteiger partial charge < -0.3 is 9.97 Å². The summed E-state index contributed by atoms with van der Waals surface area (Å²) < 4.78 is 0. The molecule has 2 aromatic rings. The average Bonchev–Trinajstić information content (AvgIpc) is 2.57. The maximum absolute atomic E-state index is 11.1. The molecule has 1 heterocycles. The van der Waals surface area contributed by atoms with Crippen LogP contribution in [0, 0.1) is 0 Å². The van der Waals surface area contributed by atoms with Crippen LogP contribution in [0.5, 0.6) is 0 Å². The Hall–Kier alpha value is -1.51. The molecule has 2 rings (SSSR count). The minimum absolute atomic E-state index is 0.134. The van der Waals surface area contributed by atoms with Gasteiger partial charge in [0.05, 0.1) is 11.0 Å². The molecule has 0 aliphatic rings.